The molecule has 0 fully saturated rings. The standard InChI is InChI=1S/C14H19F2N3O2S/c1-14(20,10-5-18-19(2)7-10)9-17-6-11-3-4-12(21-11)8-22-13(15)16/h3-5,7,13,17,20H,6,8-9H2,1-2H3. The fourth-order valence-corrected chi connectivity index (χ4v) is 2.42. The Kier molecular flexibility index (Phi) is 5.60. The van der Waals surface area contributed by atoms with Gasteiger partial charge in [-0.1, -0.05) is 11.8 Å². The first-order valence-corrected chi connectivity index (χ1v) is 7.81. The van der Waals surface area contributed by atoms with Crippen LogP contribution in [0.3, 0.4) is 0 Å². The van der Waals surface area contributed by atoms with Gasteiger partial charge in [0.25, 0.3) is 5.76 Å². The van der Waals surface area contributed by atoms with Gasteiger partial charge in [-0.15, -0.1) is 0 Å². The average molecular weight is 331 g/mol. The van der Waals surface area contributed by atoms with Crippen LogP contribution < -0.4 is 5.32 Å². The van der Waals surface area contributed by atoms with Crippen molar-refractivity contribution in [2.45, 2.75) is 30.6 Å². The first kappa shape index (κ1) is 17.0. The molecule has 0 bridgehead atoms. The number of nitrogens with one attached hydrogen (secondary N) is 1. The molecule has 2 rings (SSSR count). The summed E-state index contributed by atoms with van der Waals surface area (Å²) in [6.07, 6.45) is 3.38. The summed E-state index contributed by atoms with van der Waals surface area (Å²) in [4.78, 5) is 0. The molecule has 2 aromatic heterocycles. The van der Waals surface area contributed by atoms with Crippen molar-refractivity contribution in [3.8, 4) is 0 Å². The Bertz CT molecular complexity index is 598. The van der Waals surface area contributed by atoms with Gasteiger partial charge in [-0.25, -0.2) is 0 Å². The van der Waals surface area contributed by atoms with Crippen molar-refractivity contribution in [1.82, 2.24) is 15.1 Å². The third kappa shape index (κ3) is 4.82. The highest BCUT2D eigenvalue weighted by atomic mass is 32.2. The highest BCUT2D eigenvalue weighted by Gasteiger charge is 2.24. The van der Waals surface area contributed by atoms with Gasteiger partial charge in [0.2, 0.25) is 0 Å². The average Bonchev–Trinajstić information content (AvgIpc) is 3.05. The lowest BCUT2D eigenvalue weighted by atomic mass is 10.00. The second-order valence-corrected chi connectivity index (χ2v) is 6.20. The molecule has 0 aliphatic heterocycles. The first-order chi connectivity index (χ1) is 10.4. The lowest BCUT2D eigenvalue weighted by Gasteiger charge is -2.22. The largest absolute Gasteiger partial charge is 0.464 e. The zero-order valence-corrected chi connectivity index (χ0v) is 13.2. The van der Waals surface area contributed by atoms with Gasteiger partial charge in [-0.05, 0) is 19.1 Å². The molecule has 0 saturated carbocycles. The third-order valence-corrected chi connectivity index (χ3v) is 3.87. The number of halogens is 2. The highest BCUT2D eigenvalue weighted by molar-refractivity contribution is 7.98. The van der Waals surface area contributed by atoms with Gasteiger partial charge < -0.3 is 14.8 Å². The minimum absolute atomic E-state index is 0.144. The van der Waals surface area contributed by atoms with E-state index in [-0.39, 0.29) is 5.75 Å². The van der Waals surface area contributed by atoms with E-state index >= 15 is 0 Å². The van der Waals surface area contributed by atoms with Gasteiger partial charge >= 0.3 is 0 Å². The molecule has 0 aliphatic rings. The first-order valence-electron chi connectivity index (χ1n) is 6.76. The Morgan fingerprint density at radius 2 is 2.18 bits per heavy atom. The number of alkyl halides is 2. The molecule has 0 spiro atoms. The van der Waals surface area contributed by atoms with Crippen molar-refractivity contribution in [1.29, 1.82) is 0 Å². The number of furan rings is 1. The zero-order chi connectivity index (χ0) is 16.2. The summed E-state index contributed by atoms with van der Waals surface area (Å²) in [6, 6.07) is 3.43. The van der Waals surface area contributed by atoms with Gasteiger partial charge in [0.05, 0.1) is 18.5 Å². The smallest absolute Gasteiger partial charge is 0.284 e. The highest BCUT2D eigenvalue weighted by Crippen LogP contribution is 2.22. The van der Waals surface area contributed by atoms with Crippen LogP contribution in [0, 0.1) is 0 Å². The lowest BCUT2D eigenvalue weighted by Crippen LogP contribution is -2.34. The van der Waals surface area contributed by atoms with E-state index < -0.39 is 11.4 Å². The second-order valence-electron chi connectivity index (χ2n) is 5.22. The van der Waals surface area contributed by atoms with E-state index in [0.29, 0.717) is 36.4 Å². The van der Waals surface area contributed by atoms with Gasteiger partial charge in [0.1, 0.15) is 17.1 Å². The number of aliphatic hydroxyl groups is 1. The van der Waals surface area contributed by atoms with E-state index in [1.165, 1.54) is 0 Å². The minimum atomic E-state index is -2.40. The molecule has 0 amide bonds. The number of hydrogen-bond acceptors (Lipinski definition) is 5. The minimum Gasteiger partial charge on any atom is -0.464 e. The summed E-state index contributed by atoms with van der Waals surface area (Å²) < 4.78 is 31.3. The summed E-state index contributed by atoms with van der Waals surface area (Å²) in [5.41, 5.74) is -0.328. The van der Waals surface area contributed by atoms with Crippen LogP contribution in [0.25, 0.3) is 0 Å². The monoisotopic (exact) mass is 331 g/mol. The normalized spacial score (nSPS) is 14.5. The molecule has 2 aromatic rings. The number of rotatable bonds is 8. The summed E-state index contributed by atoms with van der Waals surface area (Å²) in [5, 5.41) is 17.5. The Labute approximate surface area is 131 Å². The van der Waals surface area contributed by atoms with E-state index in [1.54, 1.807) is 43.2 Å². The van der Waals surface area contributed by atoms with Crippen molar-refractivity contribution in [2.24, 2.45) is 7.05 Å². The second kappa shape index (κ2) is 7.26. The molecular formula is C14H19F2N3O2S. The summed E-state index contributed by atoms with van der Waals surface area (Å²) in [5.74, 6) is -1.10. The summed E-state index contributed by atoms with van der Waals surface area (Å²) in [6.45, 7) is 2.43. The Morgan fingerprint density at radius 1 is 1.45 bits per heavy atom. The van der Waals surface area contributed by atoms with Crippen LogP contribution in [0.4, 0.5) is 8.78 Å². The quantitative estimate of drug-likeness (QED) is 0.778. The molecule has 8 heteroatoms. The van der Waals surface area contributed by atoms with Crippen molar-refractivity contribution < 1.29 is 18.3 Å². The van der Waals surface area contributed by atoms with Crippen LogP contribution in [-0.2, 0) is 24.9 Å². The Morgan fingerprint density at radius 3 is 2.82 bits per heavy atom. The van der Waals surface area contributed by atoms with Crippen molar-refractivity contribution in [2.75, 3.05) is 6.54 Å². The lowest BCUT2D eigenvalue weighted by molar-refractivity contribution is 0.0561. The Hall–Kier alpha value is -1.38. The molecule has 122 valence electrons. The summed E-state index contributed by atoms with van der Waals surface area (Å²) >= 11 is 0.529. The molecule has 1 unspecified atom stereocenters. The maximum atomic E-state index is 12.1. The molecule has 22 heavy (non-hydrogen) atoms. The van der Waals surface area contributed by atoms with Crippen LogP contribution in [0.2, 0.25) is 0 Å². The fraction of sp³-hybridized carbons (Fsp3) is 0.500. The van der Waals surface area contributed by atoms with Crippen LogP contribution in [-0.4, -0.2) is 27.2 Å². The molecule has 0 saturated heterocycles. The van der Waals surface area contributed by atoms with Crippen LogP contribution >= 0.6 is 11.8 Å². The number of nitrogens with zero attached hydrogens (tertiary/aromatic N) is 2. The van der Waals surface area contributed by atoms with Crippen LogP contribution in [0.5, 0.6) is 0 Å². The number of hydrogen-bond donors (Lipinski definition) is 2. The van der Waals surface area contributed by atoms with Crippen LogP contribution in [0.1, 0.15) is 24.0 Å². The summed E-state index contributed by atoms with van der Waals surface area (Å²) in [7, 11) is 1.79. The van der Waals surface area contributed by atoms with Crippen LogP contribution in [0.15, 0.2) is 28.9 Å². The molecule has 1 atom stereocenters. The molecule has 5 nitrogen and oxygen atoms in total. The predicted molar refractivity (Wildman–Crippen MR) is 80.5 cm³/mol. The van der Waals surface area contributed by atoms with Crippen molar-refractivity contribution >= 4 is 11.8 Å². The number of aromatic nitrogens is 2. The molecule has 2 N–H and O–H groups in total. The molecule has 2 heterocycles. The topological polar surface area (TPSA) is 63.2 Å². The van der Waals surface area contributed by atoms with Gasteiger partial charge in [-0.2, -0.15) is 13.9 Å². The van der Waals surface area contributed by atoms with E-state index in [4.69, 9.17) is 4.42 Å². The number of aryl methyl sites for hydroxylation is 1. The SMILES string of the molecule is Cn1cc(C(C)(O)CNCc2ccc(CSC(F)F)o2)cn1. The predicted octanol–water partition coefficient (Wildman–Crippen LogP) is 2.47. The number of thioether (sulfide) groups is 1. The molecule has 0 radical (unpaired) electrons. The molecule has 0 aliphatic carbocycles. The van der Waals surface area contributed by atoms with E-state index in [1.807, 2.05) is 0 Å². The van der Waals surface area contributed by atoms with E-state index in [9.17, 15) is 13.9 Å². The van der Waals surface area contributed by atoms with E-state index in [0.717, 1.165) is 5.56 Å². The maximum Gasteiger partial charge on any atom is 0.284 e. The fourth-order valence-electron chi connectivity index (χ4n) is 1.97. The van der Waals surface area contributed by atoms with E-state index in [2.05, 4.69) is 10.4 Å². The van der Waals surface area contributed by atoms with Gasteiger partial charge in [0, 0.05) is 25.4 Å². The van der Waals surface area contributed by atoms with Crippen molar-refractivity contribution in [3.63, 3.8) is 0 Å². The third-order valence-electron chi connectivity index (χ3n) is 3.16. The maximum absolute atomic E-state index is 12.1. The molecule has 0 aromatic carbocycles. The van der Waals surface area contributed by atoms with Gasteiger partial charge in [0.15, 0.2) is 0 Å². The van der Waals surface area contributed by atoms with Crippen molar-refractivity contribution in [3.05, 3.63) is 41.6 Å². The zero-order valence-electron chi connectivity index (χ0n) is 12.4. The molecular weight excluding hydrogens is 312 g/mol. The Balaban J connectivity index is 1.81. The van der Waals surface area contributed by atoms with Gasteiger partial charge in [-0.3, -0.25) is 4.68 Å².